The Morgan fingerprint density at radius 1 is 1.28 bits per heavy atom. The summed E-state index contributed by atoms with van der Waals surface area (Å²) in [4.78, 5) is 13.3. The highest BCUT2D eigenvalue weighted by Crippen LogP contribution is 2.30. The number of carboxylic acids is 1. The largest absolute Gasteiger partial charge is 0.478 e. The molecule has 2 unspecified atom stereocenters. The average molecular weight is 343 g/mol. The smallest absolute Gasteiger partial charge is 0.335 e. The van der Waals surface area contributed by atoms with Gasteiger partial charge < -0.3 is 9.84 Å². The minimum Gasteiger partial charge on any atom is -0.478 e. The predicted molar refractivity (Wildman–Crippen MR) is 93.0 cm³/mol. The zero-order valence-corrected chi connectivity index (χ0v) is 14.2. The van der Waals surface area contributed by atoms with Gasteiger partial charge in [0.1, 0.15) is 5.82 Å². The van der Waals surface area contributed by atoms with E-state index in [0.717, 1.165) is 24.0 Å². The first-order valence-corrected chi connectivity index (χ1v) is 8.42. The number of aromatic carboxylic acids is 1. The molecule has 3 rings (SSSR count). The Morgan fingerprint density at radius 3 is 2.76 bits per heavy atom. The molecule has 2 aromatic rings. The van der Waals surface area contributed by atoms with E-state index < -0.39 is 5.97 Å². The van der Waals surface area contributed by atoms with Gasteiger partial charge in [0.05, 0.1) is 11.7 Å². The van der Waals surface area contributed by atoms with Crippen LogP contribution in [0, 0.1) is 5.82 Å². The molecule has 0 aliphatic carbocycles. The van der Waals surface area contributed by atoms with Crippen LogP contribution in [0.3, 0.4) is 0 Å². The summed E-state index contributed by atoms with van der Waals surface area (Å²) < 4.78 is 19.0. The van der Waals surface area contributed by atoms with Crippen LogP contribution in [0.15, 0.2) is 48.5 Å². The summed E-state index contributed by atoms with van der Waals surface area (Å²) in [6.45, 7) is 1.34. The van der Waals surface area contributed by atoms with Crippen LogP contribution in [0.4, 0.5) is 4.39 Å². The Labute approximate surface area is 146 Å². The van der Waals surface area contributed by atoms with Crippen LogP contribution >= 0.6 is 0 Å². The fourth-order valence-electron chi connectivity index (χ4n) is 3.31. The fraction of sp³-hybridized carbons (Fsp3) is 0.350. The highest BCUT2D eigenvalue weighted by Gasteiger charge is 2.26. The van der Waals surface area contributed by atoms with E-state index in [2.05, 4.69) is 4.90 Å². The molecule has 5 heteroatoms. The molecule has 1 heterocycles. The Hall–Kier alpha value is -2.24. The SMILES string of the molecule is CN(Cc1cccc(C(=O)O)c1)C1CCOC(c2ccc(F)cc2)C1. The van der Waals surface area contributed by atoms with Gasteiger partial charge >= 0.3 is 5.97 Å². The molecular formula is C20H22FNO3. The zero-order valence-electron chi connectivity index (χ0n) is 14.2. The summed E-state index contributed by atoms with van der Waals surface area (Å²) in [5.74, 6) is -1.15. The number of ether oxygens (including phenoxy) is 1. The van der Waals surface area contributed by atoms with Crippen molar-refractivity contribution in [2.45, 2.75) is 31.5 Å². The standard InChI is InChI=1S/C20H22FNO3/c1-22(13-14-3-2-4-16(11-14)20(23)24)18-9-10-25-19(12-18)15-5-7-17(21)8-6-15/h2-8,11,18-19H,9-10,12-13H2,1H3,(H,23,24). The van der Waals surface area contributed by atoms with E-state index in [9.17, 15) is 9.18 Å². The van der Waals surface area contributed by atoms with Crippen LogP contribution in [0.2, 0.25) is 0 Å². The summed E-state index contributed by atoms with van der Waals surface area (Å²) in [6.07, 6.45) is 1.72. The van der Waals surface area contributed by atoms with Gasteiger partial charge in [-0.15, -0.1) is 0 Å². The Balaban J connectivity index is 1.65. The second-order valence-electron chi connectivity index (χ2n) is 6.51. The Bertz CT molecular complexity index is 732. The minimum absolute atomic E-state index is 0.0350. The first-order chi connectivity index (χ1) is 12.0. The van der Waals surface area contributed by atoms with Crippen molar-refractivity contribution in [2.24, 2.45) is 0 Å². The number of benzene rings is 2. The lowest BCUT2D eigenvalue weighted by Crippen LogP contribution is -2.37. The van der Waals surface area contributed by atoms with Gasteiger partial charge in [-0.25, -0.2) is 9.18 Å². The predicted octanol–water partition coefficient (Wildman–Crippen LogP) is 3.88. The van der Waals surface area contributed by atoms with Crippen LogP contribution < -0.4 is 0 Å². The van der Waals surface area contributed by atoms with Crippen LogP contribution in [-0.4, -0.2) is 35.7 Å². The van der Waals surface area contributed by atoms with E-state index in [1.807, 2.05) is 13.1 Å². The molecule has 1 saturated heterocycles. The van der Waals surface area contributed by atoms with Crippen molar-refractivity contribution in [3.05, 3.63) is 71.0 Å². The van der Waals surface area contributed by atoms with Gasteiger partial charge in [0.2, 0.25) is 0 Å². The highest BCUT2D eigenvalue weighted by molar-refractivity contribution is 5.87. The van der Waals surface area contributed by atoms with E-state index in [1.165, 1.54) is 12.1 Å². The lowest BCUT2D eigenvalue weighted by molar-refractivity contribution is -0.0249. The molecule has 2 atom stereocenters. The van der Waals surface area contributed by atoms with Crippen LogP contribution in [0.25, 0.3) is 0 Å². The fourth-order valence-corrected chi connectivity index (χ4v) is 3.31. The number of nitrogens with zero attached hydrogens (tertiary/aromatic N) is 1. The normalized spacial score (nSPS) is 20.6. The van der Waals surface area contributed by atoms with Crippen molar-refractivity contribution >= 4 is 5.97 Å². The first kappa shape index (κ1) is 17.6. The molecule has 0 saturated carbocycles. The summed E-state index contributed by atoms with van der Waals surface area (Å²) >= 11 is 0. The molecule has 1 N–H and O–H groups in total. The van der Waals surface area contributed by atoms with Gasteiger partial charge in [-0.05, 0) is 55.3 Å². The maximum atomic E-state index is 13.1. The number of carbonyl (C=O) groups is 1. The van der Waals surface area contributed by atoms with E-state index >= 15 is 0 Å². The highest BCUT2D eigenvalue weighted by atomic mass is 19.1. The van der Waals surface area contributed by atoms with Gasteiger partial charge in [-0.3, -0.25) is 4.90 Å². The van der Waals surface area contributed by atoms with Crippen LogP contribution in [0.5, 0.6) is 0 Å². The maximum absolute atomic E-state index is 13.1. The number of hydrogen-bond acceptors (Lipinski definition) is 3. The van der Waals surface area contributed by atoms with E-state index in [1.54, 1.807) is 30.3 Å². The molecule has 1 fully saturated rings. The van der Waals surface area contributed by atoms with Crippen molar-refractivity contribution < 1.29 is 19.0 Å². The topological polar surface area (TPSA) is 49.8 Å². The number of hydrogen-bond donors (Lipinski definition) is 1. The molecule has 0 spiro atoms. The van der Waals surface area contributed by atoms with Gasteiger partial charge in [0.25, 0.3) is 0 Å². The quantitative estimate of drug-likeness (QED) is 0.895. The third-order valence-corrected chi connectivity index (χ3v) is 4.73. The third kappa shape index (κ3) is 4.44. The lowest BCUT2D eigenvalue weighted by atomic mass is 9.96. The molecule has 4 nitrogen and oxygen atoms in total. The molecule has 0 amide bonds. The summed E-state index contributed by atoms with van der Waals surface area (Å²) in [6, 6.07) is 13.8. The van der Waals surface area contributed by atoms with E-state index in [-0.39, 0.29) is 11.9 Å². The van der Waals surface area contributed by atoms with Crippen LogP contribution in [-0.2, 0) is 11.3 Å². The summed E-state index contributed by atoms with van der Waals surface area (Å²) in [5, 5.41) is 9.12. The lowest BCUT2D eigenvalue weighted by Gasteiger charge is -2.35. The zero-order chi connectivity index (χ0) is 17.8. The molecule has 0 aromatic heterocycles. The van der Waals surface area contributed by atoms with Gasteiger partial charge in [-0.1, -0.05) is 24.3 Å². The van der Waals surface area contributed by atoms with Crippen LogP contribution in [0.1, 0.15) is 40.4 Å². The molecule has 25 heavy (non-hydrogen) atoms. The summed E-state index contributed by atoms with van der Waals surface area (Å²) in [7, 11) is 2.05. The van der Waals surface area contributed by atoms with E-state index in [0.29, 0.717) is 24.8 Å². The van der Waals surface area contributed by atoms with Gasteiger partial charge in [0, 0.05) is 19.2 Å². The molecule has 1 aliphatic heterocycles. The maximum Gasteiger partial charge on any atom is 0.335 e. The third-order valence-electron chi connectivity index (χ3n) is 4.73. The van der Waals surface area contributed by atoms with Crippen molar-refractivity contribution in [3.8, 4) is 0 Å². The number of rotatable bonds is 5. The second-order valence-corrected chi connectivity index (χ2v) is 6.51. The number of halogens is 1. The summed E-state index contributed by atoms with van der Waals surface area (Å²) in [5.41, 5.74) is 2.28. The molecule has 0 radical (unpaired) electrons. The second kappa shape index (κ2) is 7.76. The number of carboxylic acid groups (broad SMARTS) is 1. The van der Waals surface area contributed by atoms with E-state index in [4.69, 9.17) is 9.84 Å². The minimum atomic E-state index is -0.910. The van der Waals surface area contributed by atoms with Crippen molar-refractivity contribution in [3.63, 3.8) is 0 Å². The average Bonchev–Trinajstić information content (AvgIpc) is 2.62. The van der Waals surface area contributed by atoms with Gasteiger partial charge in [-0.2, -0.15) is 0 Å². The molecular weight excluding hydrogens is 321 g/mol. The van der Waals surface area contributed by atoms with Crippen molar-refractivity contribution in [2.75, 3.05) is 13.7 Å². The molecule has 132 valence electrons. The molecule has 2 aromatic carbocycles. The Morgan fingerprint density at radius 2 is 2.04 bits per heavy atom. The van der Waals surface area contributed by atoms with Crippen molar-refractivity contribution in [1.82, 2.24) is 4.90 Å². The first-order valence-electron chi connectivity index (χ1n) is 8.42. The Kier molecular flexibility index (Phi) is 5.46. The monoisotopic (exact) mass is 343 g/mol. The van der Waals surface area contributed by atoms with Crippen molar-refractivity contribution in [1.29, 1.82) is 0 Å². The van der Waals surface area contributed by atoms with Gasteiger partial charge in [0.15, 0.2) is 0 Å². The molecule has 1 aliphatic rings. The molecule has 0 bridgehead atoms.